The standard InChI is InChI=1S/3C16H36N.C3H6.3BrH/c3*1-5-9-13-17(14-10-6-2,15-11-7-3)16-12-8-4;1-2-3-1;;;/h3*5-16H2,1-4H3;1-3H2;3*1H/q3*+1;;;;/p-3. The summed E-state index contributed by atoms with van der Waals surface area (Å²) in [5.41, 5.74) is 0. The Hall–Kier alpha value is 1.32. The van der Waals surface area contributed by atoms with Crippen LogP contribution in [0, 0.1) is 0 Å². The molecule has 1 saturated carbocycles. The van der Waals surface area contributed by atoms with Gasteiger partial charge in [0, 0.05) is 0 Å². The molecule has 0 spiro atoms. The van der Waals surface area contributed by atoms with Crippen molar-refractivity contribution in [3.8, 4) is 0 Å². The number of hydrogen-bond acceptors (Lipinski definition) is 0. The molecule has 0 aromatic carbocycles. The Morgan fingerprint density at radius 3 is 0.333 bits per heavy atom. The van der Waals surface area contributed by atoms with Crippen molar-refractivity contribution in [2.45, 2.75) is 256 Å². The Morgan fingerprint density at radius 2 is 0.281 bits per heavy atom. The third-order valence-corrected chi connectivity index (χ3v) is 12.2. The van der Waals surface area contributed by atoms with Crippen molar-refractivity contribution in [3.63, 3.8) is 0 Å². The van der Waals surface area contributed by atoms with Crippen molar-refractivity contribution >= 4 is 0 Å². The van der Waals surface area contributed by atoms with Crippen LogP contribution in [-0.4, -0.2) is 92.0 Å². The van der Waals surface area contributed by atoms with E-state index in [4.69, 9.17) is 0 Å². The van der Waals surface area contributed by atoms with Gasteiger partial charge in [0.2, 0.25) is 0 Å². The molecule has 0 saturated heterocycles. The molecule has 1 fully saturated rings. The zero-order valence-corrected chi connectivity index (χ0v) is 46.8. The highest BCUT2D eigenvalue weighted by Gasteiger charge is 2.26. The summed E-state index contributed by atoms with van der Waals surface area (Å²) in [5, 5.41) is 0. The van der Waals surface area contributed by atoms with Gasteiger partial charge in [-0.1, -0.05) is 179 Å². The van der Waals surface area contributed by atoms with Crippen molar-refractivity contribution in [2.75, 3.05) is 78.5 Å². The zero-order chi connectivity index (χ0) is 41.1. The largest absolute Gasteiger partial charge is 1.00 e. The maximum atomic E-state index is 2.33. The molecule has 1 rings (SSSR count). The first-order valence-corrected chi connectivity index (χ1v) is 25.8. The van der Waals surface area contributed by atoms with E-state index in [0.717, 1.165) is 0 Å². The molecule has 0 amide bonds. The molecule has 57 heavy (non-hydrogen) atoms. The number of halogens is 3. The van der Waals surface area contributed by atoms with E-state index in [1.54, 1.807) is 0 Å². The maximum absolute atomic E-state index is 2.33. The van der Waals surface area contributed by atoms with Crippen LogP contribution in [0.3, 0.4) is 0 Å². The van der Waals surface area contributed by atoms with Crippen LogP contribution < -0.4 is 50.9 Å². The summed E-state index contributed by atoms with van der Waals surface area (Å²) in [4.78, 5) is 0. The van der Waals surface area contributed by atoms with E-state index in [1.807, 2.05) is 0 Å². The Kier molecular flexibility index (Phi) is 65.6. The molecule has 3 nitrogen and oxygen atoms in total. The van der Waals surface area contributed by atoms with E-state index < -0.39 is 0 Å². The van der Waals surface area contributed by atoms with Gasteiger partial charge in [-0.25, -0.2) is 0 Å². The summed E-state index contributed by atoms with van der Waals surface area (Å²) in [6, 6.07) is 0. The molecule has 0 radical (unpaired) electrons. The van der Waals surface area contributed by atoms with Crippen LogP contribution >= 0.6 is 0 Å². The summed E-state index contributed by atoms with van der Waals surface area (Å²) in [7, 11) is 0. The predicted octanol–water partition coefficient (Wildman–Crippen LogP) is 7.19. The first-order valence-electron chi connectivity index (χ1n) is 25.8. The lowest BCUT2D eigenvalue weighted by Crippen LogP contribution is -3.00. The van der Waals surface area contributed by atoms with Gasteiger partial charge in [0.1, 0.15) is 0 Å². The lowest BCUT2D eigenvalue weighted by Gasteiger charge is -2.39. The van der Waals surface area contributed by atoms with Crippen LogP contribution in [0.5, 0.6) is 0 Å². The van der Waals surface area contributed by atoms with Gasteiger partial charge in [0.05, 0.1) is 78.5 Å². The smallest absolute Gasteiger partial charge is 0.0786 e. The van der Waals surface area contributed by atoms with Gasteiger partial charge in [0.25, 0.3) is 0 Å². The number of hydrogen-bond donors (Lipinski definition) is 0. The molecule has 0 aromatic rings. The van der Waals surface area contributed by atoms with Crippen molar-refractivity contribution in [1.29, 1.82) is 0 Å². The zero-order valence-electron chi connectivity index (χ0n) is 42.1. The molecule has 0 aliphatic heterocycles. The van der Waals surface area contributed by atoms with E-state index in [1.165, 1.54) is 265 Å². The molecule has 0 unspecified atom stereocenters. The molecule has 1 aliphatic carbocycles. The van der Waals surface area contributed by atoms with Crippen LogP contribution in [0.1, 0.15) is 256 Å². The van der Waals surface area contributed by atoms with Gasteiger partial charge >= 0.3 is 0 Å². The number of nitrogens with zero attached hydrogens (tertiary/aromatic N) is 3. The number of quaternary nitrogens is 3. The topological polar surface area (TPSA) is 0 Å². The summed E-state index contributed by atoms with van der Waals surface area (Å²) in [5.74, 6) is 0. The third kappa shape index (κ3) is 45.2. The first-order chi connectivity index (χ1) is 26.2. The van der Waals surface area contributed by atoms with Crippen molar-refractivity contribution in [3.05, 3.63) is 0 Å². The molecule has 1 aliphatic rings. The average Bonchev–Trinajstić information content (AvgIpc) is 4.10. The highest BCUT2D eigenvalue weighted by molar-refractivity contribution is 4.52. The maximum Gasteiger partial charge on any atom is 0.0786 e. The molecule has 0 bridgehead atoms. The molecular formula is C51H114Br3N3. The van der Waals surface area contributed by atoms with Crippen LogP contribution in [0.25, 0.3) is 0 Å². The Labute approximate surface area is 396 Å². The number of unbranched alkanes of at least 4 members (excludes halogenated alkanes) is 12. The molecule has 354 valence electrons. The minimum atomic E-state index is 0. The van der Waals surface area contributed by atoms with Gasteiger partial charge in [-0.05, 0) is 77.0 Å². The minimum Gasteiger partial charge on any atom is -1.00 e. The SMILES string of the molecule is C1CC1.CCCC[N+](CCCC)(CCCC)CCCC.CCCC[N+](CCCC)(CCCC)CCCC.CCCC[N+](CCCC)(CCCC)CCCC.[Br-].[Br-].[Br-]. The summed E-state index contributed by atoms with van der Waals surface area (Å²) in [6.45, 7) is 45.1. The van der Waals surface area contributed by atoms with Crippen LogP contribution in [0.15, 0.2) is 0 Å². The Bertz CT molecular complexity index is 490. The van der Waals surface area contributed by atoms with E-state index >= 15 is 0 Å². The highest BCUT2D eigenvalue weighted by atomic mass is 79.9. The highest BCUT2D eigenvalue weighted by Crippen LogP contribution is 2.19. The van der Waals surface area contributed by atoms with Gasteiger partial charge < -0.3 is 64.4 Å². The second kappa shape index (κ2) is 53.5. The fourth-order valence-electron chi connectivity index (χ4n) is 7.93. The van der Waals surface area contributed by atoms with E-state index in [2.05, 4.69) is 83.1 Å². The first kappa shape index (κ1) is 70.0. The summed E-state index contributed by atoms with van der Waals surface area (Å²) >= 11 is 0. The normalized spacial score (nSPS) is 12.0. The molecule has 0 heterocycles. The van der Waals surface area contributed by atoms with E-state index in [-0.39, 0.29) is 50.9 Å². The molecule has 6 heteroatoms. The second-order valence-corrected chi connectivity index (χ2v) is 18.0. The van der Waals surface area contributed by atoms with Gasteiger partial charge in [-0.15, -0.1) is 0 Å². The van der Waals surface area contributed by atoms with E-state index in [9.17, 15) is 0 Å². The lowest BCUT2D eigenvalue weighted by molar-refractivity contribution is -0.929. The van der Waals surface area contributed by atoms with Gasteiger partial charge in [-0.2, -0.15) is 0 Å². The summed E-state index contributed by atoms with van der Waals surface area (Å²) < 4.78 is 4.26. The molecular weight excluding hydrogens is 894 g/mol. The Morgan fingerprint density at radius 1 is 0.193 bits per heavy atom. The quantitative estimate of drug-likeness (QED) is 0.0584. The molecule has 0 aromatic heterocycles. The third-order valence-electron chi connectivity index (χ3n) is 12.2. The van der Waals surface area contributed by atoms with Crippen molar-refractivity contribution < 1.29 is 64.4 Å². The van der Waals surface area contributed by atoms with Gasteiger partial charge in [0.15, 0.2) is 0 Å². The second-order valence-electron chi connectivity index (χ2n) is 18.0. The van der Waals surface area contributed by atoms with Crippen LogP contribution in [0.4, 0.5) is 0 Å². The fraction of sp³-hybridized carbons (Fsp3) is 1.00. The van der Waals surface area contributed by atoms with Crippen molar-refractivity contribution in [2.24, 2.45) is 0 Å². The Balaban J connectivity index is -0.000000160. The van der Waals surface area contributed by atoms with Crippen LogP contribution in [0.2, 0.25) is 0 Å². The monoisotopic (exact) mass is 1010 g/mol. The number of rotatable bonds is 36. The predicted molar refractivity (Wildman–Crippen MR) is 252 cm³/mol. The average molecular weight is 1010 g/mol. The van der Waals surface area contributed by atoms with Gasteiger partial charge in [-0.3, -0.25) is 0 Å². The van der Waals surface area contributed by atoms with E-state index in [0.29, 0.717) is 0 Å². The minimum absolute atomic E-state index is 0. The lowest BCUT2D eigenvalue weighted by atomic mass is 10.1. The molecule has 0 atom stereocenters. The molecule has 0 N–H and O–H groups in total. The van der Waals surface area contributed by atoms with Crippen molar-refractivity contribution in [1.82, 2.24) is 0 Å². The van der Waals surface area contributed by atoms with Crippen LogP contribution in [-0.2, 0) is 0 Å². The fourth-order valence-corrected chi connectivity index (χ4v) is 7.93. The summed E-state index contributed by atoms with van der Waals surface area (Å²) in [6.07, 6.45) is 37.7.